The lowest BCUT2D eigenvalue weighted by Crippen LogP contribution is -2.60. The van der Waals surface area contributed by atoms with Gasteiger partial charge in [0.05, 0.1) is 12.2 Å². The molecule has 1 aliphatic rings. The fourth-order valence-corrected chi connectivity index (χ4v) is 2.94. The van der Waals surface area contributed by atoms with Gasteiger partial charge in [0.2, 0.25) is 6.29 Å². The second-order valence-corrected chi connectivity index (χ2v) is 6.78. The van der Waals surface area contributed by atoms with Gasteiger partial charge in [0, 0.05) is 6.07 Å². The summed E-state index contributed by atoms with van der Waals surface area (Å²) in [7, 11) is 0. The summed E-state index contributed by atoms with van der Waals surface area (Å²) in [5, 5.41) is 58.2. The van der Waals surface area contributed by atoms with Crippen LogP contribution in [0.2, 0.25) is 0 Å². The third kappa shape index (κ3) is 4.78. The van der Waals surface area contributed by atoms with Gasteiger partial charge in [-0.1, -0.05) is 18.2 Å². The molecule has 1 fully saturated rings. The molecule has 1 saturated heterocycles. The topological polar surface area (TPSA) is 157 Å². The zero-order valence-electron chi connectivity index (χ0n) is 15.7. The SMILES string of the molecule is O=C(C=Cc1ccc(O)cc1)c1ccc(OC2OC(CO)C(O)C(O)C2O)cc1O. The predicted octanol–water partition coefficient (Wildman–Crippen LogP) is 0.173. The van der Waals surface area contributed by atoms with E-state index in [9.17, 15) is 35.4 Å². The Morgan fingerprint density at radius 3 is 2.33 bits per heavy atom. The minimum absolute atomic E-state index is 0.00572. The number of phenolic OH excluding ortho intramolecular Hbond substituents is 2. The molecule has 0 amide bonds. The number of phenols is 2. The number of rotatable bonds is 6. The maximum atomic E-state index is 12.3. The predicted molar refractivity (Wildman–Crippen MR) is 104 cm³/mol. The number of benzene rings is 2. The van der Waals surface area contributed by atoms with Crippen molar-refractivity contribution >= 4 is 11.9 Å². The summed E-state index contributed by atoms with van der Waals surface area (Å²) >= 11 is 0. The van der Waals surface area contributed by atoms with Crippen LogP contribution < -0.4 is 4.74 Å². The van der Waals surface area contributed by atoms with Gasteiger partial charge < -0.3 is 40.1 Å². The highest BCUT2D eigenvalue weighted by molar-refractivity contribution is 6.08. The van der Waals surface area contributed by atoms with Crippen LogP contribution in [-0.4, -0.2) is 73.7 Å². The second-order valence-electron chi connectivity index (χ2n) is 6.78. The van der Waals surface area contributed by atoms with E-state index >= 15 is 0 Å². The van der Waals surface area contributed by atoms with Crippen molar-refractivity contribution in [1.29, 1.82) is 0 Å². The maximum Gasteiger partial charge on any atom is 0.229 e. The average molecular weight is 418 g/mol. The van der Waals surface area contributed by atoms with Gasteiger partial charge in [-0.3, -0.25) is 4.79 Å². The molecule has 0 bridgehead atoms. The first-order chi connectivity index (χ1) is 14.3. The quantitative estimate of drug-likeness (QED) is 0.284. The zero-order valence-corrected chi connectivity index (χ0v) is 15.7. The standard InChI is InChI=1S/C21H22O9/c22-10-17-18(26)19(27)20(28)21(30-17)29-13-6-7-14(16(25)9-13)15(24)8-3-11-1-4-12(23)5-2-11/h1-9,17-23,25-28H,10H2. The molecule has 0 aromatic heterocycles. The Hall–Kier alpha value is -2.95. The van der Waals surface area contributed by atoms with Crippen molar-refractivity contribution < 1.29 is 44.9 Å². The molecule has 30 heavy (non-hydrogen) atoms. The van der Waals surface area contributed by atoms with Crippen molar-refractivity contribution in [3.05, 3.63) is 59.7 Å². The van der Waals surface area contributed by atoms with Gasteiger partial charge >= 0.3 is 0 Å². The van der Waals surface area contributed by atoms with Crippen LogP contribution in [0.15, 0.2) is 48.5 Å². The van der Waals surface area contributed by atoms with Gasteiger partial charge in [-0.15, -0.1) is 0 Å². The maximum absolute atomic E-state index is 12.3. The third-order valence-electron chi connectivity index (χ3n) is 4.66. The Bertz CT molecular complexity index is 907. The number of ketones is 1. The van der Waals surface area contributed by atoms with Crippen LogP contribution in [0.3, 0.4) is 0 Å². The van der Waals surface area contributed by atoms with Crippen molar-refractivity contribution in [2.24, 2.45) is 0 Å². The number of hydrogen-bond acceptors (Lipinski definition) is 9. The fourth-order valence-electron chi connectivity index (χ4n) is 2.94. The molecule has 9 nitrogen and oxygen atoms in total. The smallest absolute Gasteiger partial charge is 0.229 e. The first-order valence-corrected chi connectivity index (χ1v) is 9.12. The highest BCUT2D eigenvalue weighted by atomic mass is 16.7. The molecule has 0 spiro atoms. The Labute approximate surface area is 171 Å². The van der Waals surface area contributed by atoms with E-state index < -0.39 is 43.1 Å². The van der Waals surface area contributed by atoms with Crippen LogP contribution in [0.1, 0.15) is 15.9 Å². The van der Waals surface area contributed by atoms with Crippen molar-refractivity contribution in [3.63, 3.8) is 0 Å². The van der Waals surface area contributed by atoms with E-state index in [0.717, 1.165) is 6.07 Å². The zero-order chi connectivity index (χ0) is 21.8. The van der Waals surface area contributed by atoms with Crippen molar-refractivity contribution in [1.82, 2.24) is 0 Å². The summed E-state index contributed by atoms with van der Waals surface area (Å²) in [6, 6.07) is 10.0. The second kappa shape index (κ2) is 9.24. The molecule has 3 rings (SSSR count). The summed E-state index contributed by atoms with van der Waals surface area (Å²) in [4.78, 5) is 12.3. The van der Waals surface area contributed by atoms with Crippen molar-refractivity contribution in [3.8, 4) is 17.2 Å². The van der Waals surface area contributed by atoms with Crippen LogP contribution in [0, 0.1) is 0 Å². The molecule has 0 saturated carbocycles. The van der Waals surface area contributed by atoms with Gasteiger partial charge in [0.15, 0.2) is 5.78 Å². The van der Waals surface area contributed by atoms with Crippen LogP contribution >= 0.6 is 0 Å². The Morgan fingerprint density at radius 2 is 1.70 bits per heavy atom. The minimum Gasteiger partial charge on any atom is -0.508 e. The lowest BCUT2D eigenvalue weighted by molar-refractivity contribution is -0.277. The van der Waals surface area contributed by atoms with Crippen molar-refractivity contribution in [2.45, 2.75) is 30.7 Å². The number of allylic oxidation sites excluding steroid dienone is 1. The van der Waals surface area contributed by atoms with E-state index in [4.69, 9.17) is 9.47 Å². The van der Waals surface area contributed by atoms with E-state index in [0.29, 0.717) is 5.56 Å². The summed E-state index contributed by atoms with van der Waals surface area (Å²) < 4.78 is 10.6. The number of ether oxygens (including phenoxy) is 2. The molecule has 5 unspecified atom stereocenters. The molecule has 5 atom stereocenters. The van der Waals surface area contributed by atoms with Gasteiger partial charge in [0.1, 0.15) is 41.7 Å². The summed E-state index contributed by atoms with van der Waals surface area (Å²) in [6.45, 7) is -0.600. The lowest BCUT2D eigenvalue weighted by atomic mass is 9.99. The van der Waals surface area contributed by atoms with Crippen LogP contribution in [0.5, 0.6) is 17.2 Å². The number of aromatic hydroxyl groups is 2. The molecule has 160 valence electrons. The van der Waals surface area contributed by atoms with E-state index in [1.807, 2.05) is 0 Å². The molecule has 1 heterocycles. The van der Waals surface area contributed by atoms with Gasteiger partial charge in [0.25, 0.3) is 0 Å². The summed E-state index contributed by atoms with van der Waals surface area (Å²) in [6.07, 6.45) is -4.46. The van der Waals surface area contributed by atoms with Crippen LogP contribution in [0.4, 0.5) is 0 Å². The van der Waals surface area contributed by atoms with Crippen molar-refractivity contribution in [2.75, 3.05) is 6.61 Å². The summed E-state index contributed by atoms with van der Waals surface area (Å²) in [5.41, 5.74) is 0.689. The number of carbonyl (C=O) groups excluding carboxylic acids is 1. The largest absolute Gasteiger partial charge is 0.508 e. The summed E-state index contributed by atoms with van der Waals surface area (Å²) in [5.74, 6) is -0.709. The molecule has 0 radical (unpaired) electrons. The van der Waals surface area contributed by atoms with E-state index in [-0.39, 0.29) is 22.8 Å². The number of aliphatic hydroxyl groups excluding tert-OH is 4. The number of hydrogen-bond donors (Lipinski definition) is 6. The monoisotopic (exact) mass is 418 g/mol. The van der Waals surface area contributed by atoms with Gasteiger partial charge in [-0.25, -0.2) is 0 Å². The highest BCUT2D eigenvalue weighted by Crippen LogP contribution is 2.28. The van der Waals surface area contributed by atoms with Crippen LogP contribution in [0.25, 0.3) is 6.08 Å². The first kappa shape index (κ1) is 21.8. The highest BCUT2D eigenvalue weighted by Gasteiger charge is 2.44. The fraction of sp³-hybridized carbons (Fsp3) is 0.286. The molecular weight excluding hydrogens is 396 g/mol. The number of carbonyl (C=O) groups is 1. The van der Waals surface area contributed by atoms with Gasteiger partial charge in [-0.05, 0) is 35.9 Å². The molecular formula is C21H22O9. The number of aliphatic hydroxyl groups is 4. The molecule has 6 N–H and O–H groups in total. The van der Waals surface area contributed by atoms with Crippen LogP contribution in [-0.2, 0) is 4.74 Å². The molecule has 0 aliphatic carbocycles. The molecule has 2 aromatic rings. The minimum atomic E-state index is -1.60. The first-order valence-electron chi connectivity index (χ1n) is 9.12. The third-order valence-corrected chi connectivity index (χ3v) is 4.66. The lowest BCUT2D eigenvalue weighted by Gasteiger charge is -2.39. The van der Waals surface area contributed by atoms with Gasteiger partial charge in [-0.2, -0.15) is 0 Å². The van der Waals surface area contributed by atoms with E-state index in [2.05, 4.69) is 0 Å². The molecule has 9 heteroatoms. The van der Waals surface area contributed by atoms with E-state index in [1.54, 1.807) is 12.1 Å². The Kier molecular flexibility index (Phi) is 6.70. The normalized spacial score (nSPS) is 26.6. The average Bonchev–Trinajstić information content (AvgIpc) is 2.73. The molecule has 2 aromatic carbocycles. The molecule has 1 aliphatic heterocycles. The van der Waals surface area contributed by atoms with E-state index in [1.165, 1.54) is 36.4 Å². The Morgan fingerprint density at radius 1 is 1.00 bits per heavy atom. The Balaban J connectivity index is 1.70.